The van der Waals surface area contributed by atoms with Crippen molar-refractivity contribution in [3.05, 3.63) is 150 Å². The van der Waals surface area contributed by atoms with Crippen molar-refractivity contribution in [2.75, 3.05) is 6.61 Å². The number of carboxylic acid groups (broad SMARTS) is 1. The van der Waals surface area contributed by atoms with E-state index in [9.17, 15) is 4.79 Å². The standard InChI is InChI=1S/C39H44N6O3/c46-39(47)17-3-1-2-12-22-48-38-24-32(26-44(28-34-13-4-8-18-40-34)29-35-14-5-9-19-41-35)23-33(25-38)27-45(30-36-15-6-10-20-42-36)31-37-16-7-11-21-43-37/h4-11,13-16,18-21,23-25H,1-3,12,17,22,26-31H2,(H,46,47). The maximum absolute atomic E-state index is 10.9. The molecule has 5 aromatic rings. The van der Waals surface area contributed by atoms with Gasteiger partial charge < -0.3 is 9.84 Å². The molecular weight excluding hydrogens is 600 g/mol. The summed E-state index contributed by atoms with van der Waals surface area (Å²) in [7, 11) is 0. The van der Waals surface area contributed by atoms with Gasteiger partial charge in [0, 0.05) is 70.5 Å². The minimum absolute atomic E-state index is 0.216. The lowest BCUT2D eigenvalue weighted by atomic mass is 10.1. The fourth-order valence-corrected chi connectivity index (χ4v) is 5.65. The van der Waals surface area contributed by atoms with Crippen molar-refractivity contribution in [3.63, 3.8) is 0 Å². The third kappa shape index (κ3) is 12.3. The van der Waals surface area contributed by atoms with E-state index in [0.29, 0.717) is 52.3 Å². The minimum Gasteiger partial charge on any atom is -0.494 e. The molecule has 0 aliphatic heterocycles. The van der Waals surface area contributed by atoms with Crippen molar-refractivity contribution in [1.29, 1.82) is 0 Å². The molecule has 0 bridgehead atoms. The van der Waals surface area contributed by atoms with E-state index in [1.54, 1.807) is 0 Å². The van der Waals surface area contributed by atoms with Crippen LogP contribution in [0.3, 0.4) is 0 Å². The molecule has 0 amide bonds. The summed E-state index contributed by atoms with van der Waals surface area (Å²) >= 11 is 0. The van der Waals surface area contributed by atoms with Crippen LogP contribution in [0.4, 0.5) is 0 Å². The highest BCUT2D eigenvalue weighted by Gasteiger charge is 2.15. The van der Waals surface area contributed by atoms with E-state index in [0.717, 1.165) is 58.9 Å². The van der Waals surface area contributed by atoms with Crippen molar-refractivity contribution in [3.8, 4) is 5.75 Å². The van der Waals surface area contributed by atoms with E-state index >= 15 is 0 Å². The number of carbonyl (C=O) groups is 1. The first-order chi connectivity index (χ1) is 23.6. The summed E-state index contributed by atoms with van der Waals surface area (Å²) < 4.78 is 6.35. The number of ether oxygens (including phenoxy) is 1. The average molecular weight is 645 g/mol. The van der Waals surface area contributed by atoms with Gasteiger partial charge in [0.1, 0.15) is 5.75 Å². The van der Waals surface area contributed by atoms with Crippen LogP contribution in [0.1, 0.15) is 66.0 Å². The molecule has 4 aromatic heterocycles. The number of rotatable bonds is 20. The molecule has 4 heterocycles. The summed E-state index contributed by atoms with van der Waals surface area (Å²) in [6, 6.07) is 30.6. The molecule has 48 heavy (non-hydrogen) atoms. The van der Waals surface area contributed by atoms with Crippen LogP contribution >= 0.6 is 0 Å². The smallest absolute Gasteiger partial charge is 0.303 e. The van der Waals surface area contributed by atoms with Gasteiger partial charge >= 0.3 is 5.97 Å². The van der Waals surface area contributed by atoms with Gasteiger partial charge in [-0.3, -0.25) is 34.5 Å². The highest BCUT2D eigenvalue weighted by molar-refractivity contribution is 5.66. The summed E-state index contributed by atoms with van der Waals surface area (Å²) in [6.07, 6.45) is 10.9. The van der Waals surface area contributed by atoms with Gasteiger partial charge in [0.2, 0.25) is 0 Å². The number of hydrogen-bond donors (Lipinski definition) is 1. The van der Waals surface area contributed by atoms with E-state index < -0.39 is 5.97 Å². The number of carboxylic acids is 1. The molecule has 0 aliphatic rings. The van der Waals surface area contributed by atoms with E-state index in [4.69, 9.17) is 9.84 Å². The number of nitrogens with zero attached hydrogens (tertiary/aromatic N) is 6. The summed E-state index contributed by atoms with van der Waals surface area (Å²) in [5.41, 5.74) is 6.29. The fourth-order valence-electron chi connectivity index (χ4n) is 5.65. The Morgan fingerprint density at radius 2 is 0.958 bits per heavy atom. The zero-order valence-corrected chi connectivity index (χ0v) is 27.4. The Morgan fingerprint density at radius 1 is 0.542 bits per heavy atom. The predicted octanol–water partition coefficient (Wildman–Crippen LogP) is 7.09. The second kappa shape index (κ2) is 19.0. The lowest BCUT2D eigenvalue weighted by Gasteiger charge is -2.25. The van der Waals surface area contributed by atoms with E-state index in [1.807, 2.05) is 73.3 Å². The molecule has 9 nitrogen and oxygen atoms in total. The Bertz CT molecular complexity index is 1450. The van der Waals surface area contributed by atoms with Crippen LogP contribution in [0.25, 0.3) is 0 Å². The molecule has 0 atom stereocenters. The van der Waals surface area contributed by atoms with Crippen LogP contribution < -0.4 is 4.74 Å². The molecular formula is C39H44N6O3. The van der Waals surface area contributed by atoms with Crippen molar-refractivity contribution in [2.45, 2.75) is 71.4 Å². The number of aliphatic carboxylic acids is 1. The van der Waals surface area contributed by atoms with Crippen molar-refractivity contribution in [2.24, 2.45) is 0 Å². The molecule has 0 unspecified atom stereocenters. The van der Waals surface area contributed by atoms with Crippen molar-refractivity contribution in [1.82, 2.24) is 29.7 Å². The zero-order chi connectivity index (χ0) is 33.2. The van der Waals surface area contributed by atoms with E-state index in [-0.39, 0.29) is 6.42 Å². The molecule has 0 aliphatic carbocycles. The van der Waals surface area contributed by atoms with Gasteiger partial charge in [-0.25, -0.2) is 0 Å². The molecule has 0 fully saturated rings. The third-order valence-electron chi connectivity index (χ3n) is 7.84. The van der Waals surface area contributed by atoms with Crippen LogP contribution in [0, 0.1) is 0 Å². The summed E-state index contributed by atoms with van der Waals surface area (Å²) in [5, 5.41) is 8.93. The minimum atomic E-state index is -0.740. The SMILES string of the molecule is O=C(O)CCCCCCOc1cc(CN(Cc2ccccn2)Cc2ccccn2)cc(CN(Cc2ccccn2)Cc2ccccn2)c1. The first-order valence-corrected chi connectivity index (χ1v) is 16.6. The van der Waals surface area contributed by atoms with Gasteiger partial charge in [-0.1, -0.05) is 43.2 Å². The lowest BCUT2D eigenvalue weighted by molar-refractivity contribution is -0.137. The number of unbranched alkanes of at least 4 members (excludes halogenated alkanes) is 3. The van der Waals surface area contributed by atoms with Gasteiger partial charge in [-0.2, -0.15) is 0 Å². The van der Waals surface area contributed by atoms with Gasteiger partial charge in [-0.05, 0) is 84.6 Å². The van der Waals surface area contributed by atoms with Crippen LogP contribution in [-0.4, -0.2) is 47.4 Å². The predicted molar refractivity (Wildman–Crippen MR) is 186 cm³/mol. The average Bonchev–Trinajstić information content (AvgIpc) is 3.09. The monoisotopic (exact) mass is 644 g/mol. The first kappa shape index (κ1) is 34.3. The molecule has 1 aromatic carbocycles. The Kier molecular flexibility index (Phi) is 13.6. The molecule has 248 valence electrons. The maximum atomic E-state index is 10.9. The summed E-state index contributed by atoms with van der Waals surface area (Å²) in [6.45, 7) is 4.67. The highest BCUT2D eigenvalue weighted by atomic mass is 16.5. The number of benzene rings is 1. The molecule has 1 N–H and O–H groups in total. The maximum Gasteiger partial charge on any atom is 0.303 e. The van der Waals surface area contributed by atoms with Gasteiger partial charge in [0.25, 0.3) is 0 Å². The van der Waals surface area contributed by atoms with E-state index in [1.165, 1.54) is 0 Å². The Balaban J connectivity index is 1.37. The van der Waals surface area contributed by atoms with Crippen molar-refractivity contribution >= 4 is 5.97 Å². The third-order valence-corrected chi connectivity index (χ3v) is 7.84. The normalized spacial score (nSPS) is 11.2. The molecule has 0 spiro atoms. The lowest BCUT2D eigenvalue weighted by Crippen LogP contribution is -2.25. The summed E-state index contributed by atoms with van der Waals surface area (Å²) in [4.78, 5) is 34.0. The zero-order valence-electron chi connectivity index (χ0n) is 27.4. The number of aromatic nitrogens is 4. The Morgan fingerprint density at radius 3 is 1.33 bits per heavy atom. The quantitative estimate of drug-likeness (QED) is 0.0890. The van der Waals surface area contributed by atoms with E-state index in [2.05, 4.69) is 72.2 Å². The molecule has 5 rings (SSSR count). The molecule has 0 saturated heterocycles. The van der Waals surface area contributed by atoms with Crippen LogP contribution in [0.5, 0.6) is 5.75 Å². The molecule has 9 heteroatoms. The first-order valence-electron chi connectivity index (χ1n) is 16.6. The topological polar surface area (TPSA) is 105 Å². The van der Waals surface area contributed by atoms with Crippen molar-refractivity contribution < 1.29 is 14.6 Å². The van der Waals surface area contributed by atoms with Gasteiger partial charge in [-0.15, -0.1) is 0 Å². The molecule has 0 saturated carbocycles. The number of hydrogen-bond acceptors (Lipinski definition) is 8. The second-order valence-corrected chi connectivity index (χ2v) is 12.0. The van der Waals surface area contributed by atoms with Gasteiger partial charge in [0.05, 0.1) is 29.4 Å². The van der Waals surface area contributed by atoms with Gasteiger partial charge in [0.15, 0.2) is 0 Å². The van der Waals surface area contributed by atoms with Crippen LogP contribution in [-0.2, 0) is 44.1 Å². The Hall–Kier alpha value is -4.99. The Labute approximate surface area is 283 Å². The molecule has 0 radical (unpaired) electrons. The summed E-state index contributed by atoms with van der Waals surface area (Å²) in [5.74, 6) is 0.0927. The van der Waals surface area contributed by atoms with Crippen LogP contribution in [0.2, 0.25) is 0 Å². The largest absolute Gasteiger partial charge is 0.494 e. The highest BCUT2D eigenvalue weighted by Crippen LogP contribution is 2.23. The number of pyridine rings is 4. The second-order valence-electron chi connectivity index (χ2n) is 12.0. The fraction of sp³-hybridized carbons (Fsp3) is 0.308. The van der Waals surface area contributed by atoms with Crippen LogP contribution in [0.15, 0.2) is 116 Å².